The van der Waals surface area contributed by atoms with Crippen molar-refractivity contribution in [2.45, 2.75) is 6.18 Å². The quantitative estimate of drug-likeness (QED) is 0.452. The second-order valence-corrected chi connectivity index (χ2v) is 5.96. The van der Waals surface area contributed by atoms with Crippen LogP contribution in [0.2, 0.25) is 0 Å². The van der Waals surface area contributed by atoms with Gasteiger partial charge in [0.05, 0.1) is 17.5 Å². The Hall–Kier alpha value is -3.61. The van der Waals surface area contributed by atoms with Crippen molar-refractivity contribution >= 4 is 0 Å². The molecule has 0 amide bonds. The average molecular weight is 381 g/mol. The molecule has 1 aromatic heterocycles. The Morgan fingerprint density at radius 3 is 2.14 bits per heavy atom. The highest BCUT2D eigenvalue weighted by atomic mass is 19.4. The van der Waals surface area contributed by atoms with Gasteiger partial charge in [-0.15, -0.1) is 5.10 Å². The van der Waals surface area contributed by atoms with Crippen LogP contribution in [0, 0.1) is 0 Å². The Morgan fingerprint density at radius 2 is 1.39 bits per heavy atom. The van der Waals surface area contributed by atoms with E-state index in [1.54, 1.807) is 35.1 Å². The van der Waals surface area contributed by atoms with Crippen LogP contribution in [0.1, 0.15) is 5.56 Å². The molecular formula is C21H14F3N3O. The Kier molecular flexibility index (Phi) is 4.57. The van der Waals surface area contributed by atoms with Gasteiger partial charge in [0.2, 0.25) is 0 Å². The molecule has 0 N–H and O–H groups in total. The maximum absolute atomic E-state index is 13.3. The fraction of sp³-hybridized carbons (Fsp3) is 0.0476. The Balaban J connectivity index is 1.78. The lowest BCUT2D eigenvalue weighted by Gasteiger charge is -2.16. The zero-order valence-electron chi connectivity index (χ0n) is 14.5. The van der Waals surface area contributed by atoms with E-state index in [0.29, 0.717) is 11.4 Å². The predicted molar refractivity (Wildman–Crippen MR) is 98.3 cm³/mol. The van der Waals surface area contributed by atoms with Gasteiger partial charge in [-0.05, 0) is 24.3 Å². The van der Waals surface area contributed by atoms with Gasteiger partial charge in [0, 0.05) is 5.56 Å². The van der Waals surface area contributed by atoms with E-state index >= 15 is 0 Å². The van der Waals surface area contributed by atoms with Crippen LogP contribution in [-0.2, 0) is 6.18 Å². The number of benzene rings is 3. The van der Waals surface area contributed by atoms with E-state index in [4.69, 9.17) is 4.74 Å². The second kappa shape index (κ2) is 7.19. The number of halogens is 3. The predicted octanol–water partition coefficient (Wildman–Crippen LogP) is 5.75. The summed E-state index contributed by atoms with van der Waals surface area (Å²) >= 11 is 0. The van der Waals surface area contributed by atoms with Crippen LogP contribution in [0.5, 0.6) is 11.5 Å². The number of alkyl halides is 3. The number of para-hydroxylation sites is 3. The van der Waals surface area contributed by atoms with Crippen molar-refractivity contribution in [3.63, 3.8) is 0 Å². The fourth-order valence-corrected chi connectivity index (χ4v) is 2.85. The minimum absolute atomic E-state index is 0.238. The van der Waals surface area contributed by atoms with Gasteiger partial charge < -0.3 is 4.74 Å². The highest BCUT2D eigenvalue weighted by molar-refractivity contribution is 5.62. The zero-order valence-corrected chi connectivity index (χ0v) is 14.5. The van der Waals surface area contributed by atoms with Gasteiger partial charge in [-0.2, -0.15) is 13.2 Å². The molecule has 0 radical (unpaired) electrons. The minimum Gasteiger partial charge on any atom is -0.454 e. The summed E-state index contributed by atoms with van der Waals surface area (Å²) in [5.74, 6) is -0.0364. The molecule has 28 heavy (non-hydrogen) atoms. The Labute approximate surface area is 158 Å². The average Bonchev–Trinajstić information content (AvgIpc) is 3.18. The van der Waals surface area contributed by atoms with E-state index < -0.39 is 11.7 Å². The van der Waals surface area contributed by atoms with Gasteiger partial charge in [0.1, 0.15) is 11.4 Å². The summed E-state index contributed by atoms with van der Waals surface area (Å²) in [5, 5.41) is 8.06. The third-order valence-electron chi connectivity index (χ3n) is 4.12. The van der Waals surface area contributed by atoms with Gasteiger partial charge in [0.15, 0.2) is 5.75 Å². The summed E-state index contributed by atoms with van der Waals surface area (Å²) in [5.41, 5.74) is 1.21. The maximum atomic E-state index is 13.3. The molecule has 0 unspecified atom stereocenters. The molecule has 0 spiro atoms. The normalized spacial score (nSPS) is 11.4. The second-order valence-electron chi connectivity index (χ2n) is 5.96. The van der Waals surface area contributed by atoms with E-state index in [1.807, 2.05) is 30.3 Å². The highest BCUT2D eigenvalue weighted by Crippen LogP contribution is 2.39. The number of aromatic nitrogens is 3. The van der Waals surface area contributed by atoms with Crippen molar-refractivity contribution in [2.75, 3.05) is 0 Å². The van der Waals surface area contributed by atoms with E-state index in [9.17, 15) is 13.2 Å². The van der Waals surface area contributed by atoms with Gasteiger partial charge in [0.25, 0.3) is 0 Å². The molecule has 0 fully saturated rings. The summed E-state index contributed by atoms with van der Waals surface area (Å²) in [6, 6.07) is 21.3. The van der Waals surface area contributed by atoms with E-state index in [-0.39, 0.29) is 11.5 Å². The monoisotopic (exact) mass is 381 g/mol. The summed E-state index contributed by atoms with van der Waals surface area (Å²) in [7, 11) is 0. The zero-order chi connectivity index (χ0) is 19.6. The summed E-state index contributed by atoms with van der Waals surface area (Å²) in [4.78, 5) is 0. The summed E-state index contributed by atoms with van der Waals surface area (Å²) < 4.78 is 47.1. The first-order valence-electron chi connectivity index (χ1n) is 8.43. The van der Waals surface area contributed by atoms with Crippen LogP contribution in [0.4, 0.5) is 13.2 Å². The molecule has 7 heteroatoms. The molecule has 0 bridgehead atoms. The SMILES string of the molecule is FC(F)(F)c1ccccc1Oc1ccccc1-n1nncc1-c1ccccc1. The van der Waals surface area contributed by atoms with Crippen LogP contribution in [0.3, 0.4) is 0 Å². The number of nitrogens with zero attached hydrogens (tertiary/aromatic N) is 3. The van der Waals surface area contributed by atoms with Crippen molar-refractivity contribution in [2.24, 2.45) is 0 Å². The number of hydrogen-bond donors (Lipinski definition) is 0. The van der Waals surface area contributed by atoms with E-state index in [0.717, 1.165) is 11.6 Å². The Bertz CT molecular complexity index is 1090. The fourth-order valence-electron chi connectivity index (χ4n) is 2.85. The molecule has 0 saturated carbocycles. The first-order chi connectivity index (χ1) is 13.5. The lowest BCUT2D eigenvalue weighted by Crippen LogP contribution is -2.08. The van der Waals surface area contributed by atoms with Crippen molar-refractivity contribution < 1.29 is 17.9 Å². The minimum atomic E-state index is -4.52. The van der Waals surface area contributed by atoms with Gasteiger partial charge in [-0.25, -0.2) is 4.68 Å². The van der Waals surface area contributed by atoms with Crippen molar-refractivity contribution in [1.82, 2.24) is 15.0 Å². The molecule has 4 rings (SSSR count). The largest absolute Gasteiger partial charge is 0.454 e. The van der Waals surface area contributed by atoms with Crippen LogP contribution < -0.4 is 4.74 Å². The van der Waals surface area contributed by atoms with Crippen LogP contribution in [-0.4, -0.2) is 15.0 Å². The van der Waals surface area contributed by atoms with Gasteiger partial charge in [-0.3, -0.25) is 0 Å². The molecule has 0 atom stereocenters. The third kappa shape index (κ3) is 3.46. The number of hydrogen-bond acceptors (Lipinski definition) is 3. The molecule has 0 aliphatic rings. The summed E-state index contributed by atoms with van der Waals surface area (Å²) in [6.45, 7) is 0. The smallest absolute Gasteiger partial charge is 0.419 e. The Morgan fingerprint density at radius 1 is 0.750 bits per heavy atom. The number of rotatable bonds is 4. The molecule has 4 aromatic rings. The lowest BCUT2D eigenvalue weighted by atomic mass is 10.1. The molecular weight excluding hydrogens is 367 g/mol. The molecule has 0 aliphatic heterocycles. The highest BCUT2D eigenvalue weighted by Gasteiger charge is 2.34. The van der Waals surface area contributed by atoms with Crippen molar-refractivity contribution in [1.29, 1.82) is 0 Å². The number of ether oxygens (including phenoxy) is 1. The van der Waals surface area contributed by atoms with Crippen LogP contribution in [0.25, 0.3) is 16.9 Å². The topological polar surface area (TPSA) is 39.9 Å². The standard InChI is InChI=1S/C21H14F3N3O/c22-21(23,24)16-10-4-6-12-19(16)28-20-13-7-5-11-17(20)27-18(14-25-26-27)15-8-2-1-3-9-15/h1-14H. The maximum Gasteiger partial charge on any atom is 0.419 e. The molecule has 0 aliphatic carbocycles. The van der Waals surface area contributed by atoms with Crippen molar-refractivity contribution in [3.05, 3.63) is 90.6 Å². The lowest BCUT2D eigenvalue weighted by molar-refractivity contribution is -0.138. The van der Waals surface area contributed by atoms with Gasteiger partial charge >= 0.3 is 6.18 Å². The molecule has 1 heterocycles. The van der Waals surface area contributed by atoms with E-state index in [1.165, 1.54) is 18.2 Å². The first-order valence-corrected chi connectivity index (χ1v) is 8.43. The van der Waals surface area contributed by atoms with Crippen LogP contribution >= 0.6 is 0 Å². The van der Waals surface area contributed by atoms with Crippen molar-refractivity contribution in [3.8, 4) is 28.4 Å². The molecule has 0 saturated heterocycles. The van der Waals surface area contributed by atoms with E-state index in [2.05, 4.69) is 10.3 Å². The van der Waals surface area contributed by atoms with Crippen LogP contribution in [0.15, 0.2) is 85.1 Å². The molecule has 4 nitrogen and oxygen atoms in total. The third-order valence-corrected chi connectivity index (χ3v) is 4.12. The first kappa shape index (κ1) is 17.8. The molecule has 3 aromatic carbocycles. The van der Waals surface area contributed by atoms with Gasteiger partial charge in [-0.1, -0.05) is 59.8 Å². The summed E-state index contributed by atoms with van der Waals surface area (Å²) in [6.07, 6.45) is -2.93. The molecule has 140 valence electrons.